The minimum atomic E-state index is -0.644. The molecular weight excluding hydrogens is 304 g/mol. The maximum atomic E-state index is 12.0. The highest BCUT2D eigenvalue weighted by atomic mass is 16.5. The third-order valence-electron chi connectivity index (χ3n) is 3.68. The lowest BCUT2D eigenvalue weighted by Gasteiger charge is -2.08. The van der Waals surface area contributed by atoms with Gasteiger partial charge in [-0.15, -0.1) is 4.73 Å². The van der Waals surface area contributed by atoms with Crippen LogP contribution in [0, 0.1) is 0 Å². The Hall–Kier alpha value is -3.34. The van der Waals surface area contributed by atoms with Gasteiger partial charge in [-0.05, 0) is 22.8 Å². The van der Waals surface area contributed by atoms with E-state index in [4.69, 9.17) is 0 Å². The topological polar surface area (TPSA) is 71.3 Å². The van der Waals surface area contributed by atoms with Crippen molar-refractivity contribution < 1.29 is 10.0 Å². The average Bonchev–Trinajstić information content (AvgIpc) is 2.63. The molecule has 0 fully saturated rings. The number of aromatic nitrogens is 1. The SMILES string of the molecule is O=C(NCc1ccc(-c2ccccc2)cc1)c1cccc(=O)n1O. The molecule has 3 aromatic rings. The number of benzene rings is 2. The van der Waals surface area contributed by atoms with E-state index in [1.807, 2.05) is 54.6 Å². The summed E-state index contributed by atoms with van der Waals surface area (Å²) in [6, 6.07) is 21.8. The molecule has 0 atom stereocenters. The highest BCUT2D eigenvalue weighted by molar-refractivity contribution is 5.92. The number of hydrogen-bond donors (Lipinski definition) is 2. The van der Waals surface area contributed by atoms with Crippen LogP contribution in [0.25, 0.3) is 11.1 Å². The van der Waals surface area contributed by atoms with Crippen molar-refractivity contribution in [3.8, 4) is 11.1 Å². The Morgan fingerprint density at radius 3 is 2.25 bits per heavy atom. The van der Waals surface area contributed by atoms with Crippen LogP contribution >= 0.6 is 0 Å². The molecule has 0 radical (unpaired) electrons. The van der Waals surface area contributed by atoms with E-state index in [2.05, 4.69) is 5.32 Å². The molecule has 1 amide bonds. The van der Waals surface area contributed by atoms with Crippen molar-refractivity contribution in [2.45, 2.75) is 6.54 Å². The van der Waals surface area contributed by atoms with Gasteiger partial charge in [0, 0.05) is 12.6 Å². The van der Waals surface area contributed by atoms with Crippen LogP contribution in [0.2, 0.25) is 0 Å². The fourth-order valence-corrected chi connectivity index (χ4v) is 2.37. The summed E-state index contributed by atoms with van der Waals surface area (Å²) in [5.74, 6) is -0.512. The molecule has 120 valence electrons. The molecule has 1 heterocycles. The third-order valence-corrected chi connectivity index (χ3v) is 3.68. The summed E-state index contributed by atoms with van der Waals surface area (Å²) in [5, 5.41) is 12.3. The molecule has 5 heteroatoms. The van der Waals surface area contributed by atoms with E-state index in [-0.39, 0.29) is 5.69 Å². The van der Waals surface area contributed by atoms with Crippen LogP contribution in [-0.4, -0.2) is 15.8 Å². The van der Waals surface area contributed by atoms with Crippen molar-refractivity contribution in [2.24, 2.45) is 0 Å². The highest BCUT2D eigenvalue weighted by Gasteiger charge is 2.11. The van der Waals surface area contributed by atoms with Gasteiger partial charge in [-0.1, -0.05) is 60.7 Å². The molecule has 2 N–H and O–H groups in total. The van der Waals surface area contributed by atoms with Gasteiger partial charge in [0.15, 0.2) is 0 Å². The number of nitrogens with zero attached hydrogens (tertiary/aromatic N) is 1. The second kappa shape index (κ2) is 6.83. The molecule has 24 heavy (non-hydrogen) atoms. The monoisotopic (exact) mass is 320 g/mol. The first-order valence-corrected chi connectivity index (χ1v) is 7.49. The molecular formula is C19H16N2O3. The summed E-state index contributed by atoms with van der Waals surface area (Å²) in [4.78, 5) is 23.4. The first-order valence-electron chi connectivity index (χ1n) is 7.49. The Morgan fingerprint density at radius 1 is 0.875 bits per heavy atom. The van der Waals surface area contributed by atoms with Crippen molar-refractivity contribution in [1.82, 2.24) is 10.0 Å². The predicted octanol–water partition coefficient (Wildman–Crippen LogP) is 2.68. The smallest absolute Gasteiger partial charge is 0.283 e. The Balaban J connectivity index is 1.68. The van der Waals surface area contributed by atoms with E-state index < -0.39 is 11.5 Å². The van der Waals surface area contributed by atoms with Crippen LogP contribution in [0.5, 0.6) is 0 Å². The highest BCUT2D eigenvalue weighted by Crippen LogP contribution is 2.19. The molecule has 0 aliphatic carbocycles. The van der Waals surface area contributed by atoms with Crippen LogP contribution < -0.4 is 10.9 Å². The number of carbonyl (C=O) groups is 1. The first kappa shape index (κ1) is 15.6. The summed E-state index contributed by atoms with van der Waals surface area (Å²) in [5.41, 5.74) is 2.41. The molecule has 0 spiro atoms. The molecule has 0 unspecified atom stereocenters. The number of carbonyl (C=O) groups excluding carboxylic acids is 1. The largest absolute Gasteiger partial charge is 0.425 e. The van der Waals surface area contributed by atoms with E-state index in [1.165, 1.54) is 18.2 Å². The maximum absolute atomic E-state index is 12.0. The molecule has 0 saturated heterocycles. The maximum Gasteiger partial charge on any atom is 0.283 e. The zero-order valence-electron chi connectivity index (χ0n) is 12.8. The number of amides is 1. The molecule has 5 nitrogen and oxygen atoms in total. The fourth-order valence-electron chi connectivity index (χ4n) is 2.37. The summed E-state index contributed by atoms with van der Waals surface area (Å²) in [6.45, 7) is 0.303. The lowest BCUT2D eigenvalue weighted by Crippen LogP contribution is -2.30. The van der Waals surface area contributed by atoms with E-state index in [0.29, 0.717) is 11.3 Å². The molecule has 2 aromatic carbocycles. The lowest BCUT2D eigenvalue weighted by molar-refractivity contribution is 0.0889. The van der Waals surface area contributed by atoms with Crippen molar-refractivity contribution in [1.29, 1.82) is 0 Å². The summed E-state index contributed by atoms with van der Waals surface area (Å²) in [6.07, 6.45) is 0. The Labute approximate surface area is 138 Å². The van der Waals surface area contributed by atoms with Crippen molar-refractivity contribution in [3.63, 3.8) is 0 Å². The summed E-state index contributed by atoms with van der Waals surface area (Å²) in [7, 11) is 0. The van der Waals surface area contributed by atoms with Crippen molar-refractivity contribution in [3.05, 3.63) is 94.4 Å². The van der Waals surface area contributed by atoms with Gasteiger partial charge in [0.1, 0.15) is 5.69 Å². The molecule has 3 rings (SSSR count). The summed E-state index contributed by atoms with van der Waals surface area (Å²) < 4.78 is 0.341. The predicted molar refractivity (Wildman–Crippen MR) is 90.9 cm³/mol. The van der Waals surface area contributed by atoms with Crippen LogP contribution in [0.4, 0.5) is 0 Å². The van der Waals surface area contributed by atoms with Gasteiger partial charge < -0.3 is 10.5 Å². The van der Waals surface area contributed by atoms with Crippen LogP contribution in [0.3, 0.4) is 0 Å². The van der Waals surface area contributed by atoms with E-state index >= 15 is 0 Å². The number of nitrogens with one attached hydrogen (secondary N) is 1. The van der Waals surface area contributed by atoms with Crippen LogP contribution in [0.15, 0.2) is 77.6 Å². The van der Waals surface area contributed by atoms with Crippen LogP contribution in [0.1, 0.15) is 16.1 Å². The summed E-state index contributed by atoms with van der Waals surface area (Å²) >= 11 is 0. The quantitative estimate of drug-likeness (QED) is 0.726. The lowest BCUT2D eigenvalue weighted by atomic mass is 10.0. The first-order chi connectivity index (χ1) is 11.6. The van der Waals surface area contributed by atoms with Crippen LogP contribution in [-0.2, 0) is 6.54 Å². The standard InChI is InChI=1S/C19H16N2O3/c22-18-8-4-7-17(21(18)24)19(23)20-13-14-9-11-16(12-10-14)15-5-2-1-3-6-15/h1-12,24H,13H2,(H,20,23). The van der Waals surface area contributed by atoms with Gasteiger partial charge in [0.2, 0.25) is 0 Å². The van der Waals surface area contributed by atoms with Crippen molar-refractivity contribution >= 4 is 5.91 Å². The van der Waals surface area contributed by atoms with Gasteiger partial charge in [-0.2, -0.15) is 0 Å². The van der Waals surface area contributed by atoms with Crippen molar-refractivity contribution in [2.75, 3.05) is 0 Å². The van der Waals surface area contributed by atoms with Gasteiger partial charge in [0.25, 0.3) is 11.5 Å². The molecule has 0 aliphatic rings. The van der Waals surface area contributed by atoms with Gasteiger partial charge in [-0.3, -0.25) is 9.59 Å². The average molecular weight is 320 g/mol. The Morgan fingerprint density at radius 2 is 1.54 bits per heavy atom. The minimum Gasteiger partial charge on any atom is -0.425 e. The molecule has 0 bridgehead atoms. The zero-order valence-corrected chi connectivity index (χ0v) is 12.8. The van der Waals surface area contributed by atoms with E-state index in [0.717, 1.165) is 16.7 Å². The van der Waals surface area contributed by atoms with E-state index in [9.17, 15) is 14.8 Å². The van der Waals surface area contributed by atoms with Gasteiger partial charge in [0.05, 0.1) is 0 Å². The number of pyridine rings is 1. The molecule has 0 aliphatic heterocycles. The third kappa shape index (κ3) is 3.35. The zero-order chi connectivity index (χ0) is 16.9. The number of rotatable bonds is 4. The molecule has 0 saturated carbocycles. The fraction of sp³-hybridized carbons (Fsp3) is 0.0526. The number of hydrogen-bond acceptors (Lipinski definition) is 3. The Bertz CT molecular complexity index is 900. The molecule has 1 aromatic heterocycles. The second-order valence-corrected chi connectivity index (χ2v) is 5.31. The van der Waals surface area contributed by atoms with Gasteiger partial charge in [-0.25, -0.2) is 0 Å². The Kier molecular flexibility index (Phi) is 4.43. The van der Waals surface area contributed by atoms with Gasteiger partial charge >= 0.3 is 0 Å². The second-order valence-electron chi connectivity index (χ2n) is 5.31. The normalized spacial score (nSPS) is 10.3. The minimum absolute atomic E-state index is 0.0941. The van der Waals surface area contributed by atoms with E-state index in [1.54, 1.807) is 0 Å².